The highest BCUT2D eigenvalue weighted by Crippen LogP contribution is 2.16. The Morgan fingerprint density at radius 1 is 1.24 bits per heavy atom. The molecule has 86 valence electrons. The minimum atomic E-state index is 0.180. The molecule has 0 atom stereocenters. The topological polar surface area (TPSA) is 20.3 Å². The highest BCUT2D eigenvalue weighted by atomic mass is 16.1. The lowest BCUT2D eigenvalue weighted by atomic mass is 9.95. The normalized spacial score (nSPS) is 16.1. The van der Waals surface area contributed by atoms with Crippen molar-refractivity contribution in [2.24, 2.45) is 5.92 Å². The Balaban J connectivity index is 1.91. The first kappa shape index (κ1) is 11.8. The van der Waals surface area contributed by atoms with Crippen LogP contribution in [0.5, 0.6) is 0 Å². The van der Waals surface area contributed by atoms with E-state index in [4.69, 9.17) is 0 Å². The van der Waals surface area contributed by atoms with E-state index in [-0.39, 0.29) is 5.81 Å². The number of carbonyl (C=O) groups is 1. The summed E-state index contributed by atoms with van der Waals surface area (Å²) < 4.78 is 0. The molecule has 1 amide bonds. The average Bonchev–Trinajstić information content (AvgIpc) is 2.38. The van der Waals surface area contributed by atoms with E-state index < -0.39 is 0 Å². The Bertz CT molecular complexity index is 438. The molecule has 0 bridgehead atoms. The number of amides is 1. The van der Waals surface area contributed by atoms with Crippen LogP contribution in [0.15, 0.2) is 30.3 Å². The van der Waals surface area contributed by atoms with Crippen LogP contribution >= 0.6 is 0 Å². The van der Waals surface area contributed by atoms with E-state index in [2.05, 4.69) is 11.8 Å². The van der Waals surface area contributed by atoms with Gasteiger partial charge in [0.1, 0.15) is 0 Å². The number of benzene rings is 1. The fourth-order valence-corrected chi connectivity index (χ4v) is 2.05. The number of likely N-dealkylation sites (tertiary alicyclic amines) is 1. The Hall–Kier alpha value is -1.69. The zero-order valence-corrected chi connectivity index (χ0v) is 10.1. The summed E-state index contributed by atoms with van der Waals surface area (Å²) in [6, 6.07) is 10.1. The van der Waals surface area contributed by atoms with Crippen molar-refractivity contribution in [3.8, 4) is 11.8 Å². The van der Waals surface area contributed by atoms with Gasteiger partial charge in [0.2, 0.25) is 7.85 Å². The Morgan fingerprint density at radius 3 is 2.47 bits per heavy atom. The van der Waals surface area contributed by atoms with Gasteiger partial charge in [0.15, 0.2) is 5.81 Å². The summed E-state index contributed by atoms with van der Waals surface area (Å²) in [7, 11) is 1.63. The molecule has 1 saturated heterocycles. The smallest absolute Gasteiger partial charge is 0.215 e. The van der Waals surface area contributed by atoms with Crippen LogP contribution in [0.3, 0.4) is 0 Å². The van der Waals surface area contributed by atoms with E-state index in [9.17, 15) is 4.79 Å². The van der Waals surface area contributed by atoms with Gasteiger partial charge in [-0.25, -0.2) is 0 Å². The quantitative estimate of drug-likeness (QED) is 0.484. The molecule has 0 aromatic heterocycles. The van der Waals surface area contributed by atoms with Crippen molar-refractivity contribution in [3.63, 3.8) is 0 Å². The molecule has 0 radical (unpaired) electrons. The van der Waals surface area contributed by atoms with Gasteiger partial charge in [-0.1, -0.05) is 30.0 Å². The highest BCUT2D eigenvalue weighted by molar-refractivity contribution is 6.56. The largest absolute Gasteiger partial charge is 0.352 e. The number of rotatable bonds is 0. The zero-order chi connectivity index (χ0) is 12.1. The van der Waals surface area contributed by atoms with Crippen LogP contribution in [0.25, 0.3) is 0 Å². The molecular weight excluding hydrogens is 209 g/mol. The van der Waals surface area contributed by atoms with Crippen LogP contribution < -0.4 is 0 Å². The first-order chi connectivity index (χ1) is 8.25. The maximum Gasteiger partial charge on any atom is 0.215 e. The predicted octanol–water partition coefficient (Wildman–Crippen LogP) is 1.50. The van der Waals surface area contributed by atoms with E-state index in [1.54, 1.807) is 7.85 Å². The zero-order valence-electron chi connectivity index (χ0n) is 10.1. The lowest BCUT2D eigenvalue weighted by Gasteiger charge is -2.29. The number of nitrogens with zero attached hydrogens (tertiary/aromatic N) is 1. The van der Waals surface area contributed by atoms with Gasteiger partial charge in [0.05, 0.1) is 0 Å². The van der Waals surface area contributed by atoms with Gasteiger partial charge >= 0.3 is 0 Å². The lowest BCUT2D eigenvalue weighted by Crippen LogP contribution is -2.37. The third-order valence-corrected chi connectivity index (χ3v) is 3.13. The fourth-order valence-electron chi connectivity index (χ4n) is 2.05. The number of carbonyl (C=O) groups excluding carboxylic acids is 1. The molecule has 1 heterocycles. The van der Waals surface area contributed by atoms with E-state index in [0.29, 0.717) is 5.92 Å². The third kappa shape index (κ3) is 3.39. The molecule has 1 aromatic carbocycles. The molecule has 2 rings (SSSR count). The summed E-state index contributed by atoms with van der Waals surface area (Å²) in [4.78, 5) is 13.1. The number of piperidine rings is 1. The molecule has 0 aliphatic carbocycles. The van der Waals surface area contributed by atoms with Crippen molar-refractivity contribution in [2.75, 3.05) is 13.1 Å². The third-order valence-electron chi connectivity index (χ3n) is 3.13. The van der Waals surface area contributed by atoms with Crippen molar-refractivity contribution in [1.82, 2.24) is 4.90 Å². The monoisotopic (exact) mass is 225 g/mol. The van der Waals surface area contributed by atoms with E-state index in [1.165, 1.54) is 0 Å². The molecule has 1 aliphatic heterocycles. The highest BCUT2D eigenvalue weighted by Gasteiger charge is 2.18. The van der Waals surface area contributed by atoms with Gasteiger partial charge in [-0.05, 0) is 25.0 Å². The van der Waals surface area contributed by atoms with E-state index in [1.807, 2.05) is 35.2 Å². The fraction of sp³-hybridized carbons (Fsp3) is 0.357. The summed E-state index contributed by atoms with van der Waals surface area (Å²) in [5, 5.41) is 0. The first-order valence-corrected chi connectivity index (χ1v) is 6.08. The first-order valence-electron chi connectivity index (χ1n) is 6.08. The van der Waals surface area contributed by atoms with Gasteiger partial charge in [0.25, 0.3) is 0 Å². The van der Waals surface area contributed by atoms with Gasteiger partial charge < -0.3 is 4.90 Å². The van der Waals surface area contributed by atoms with E-state index >= 15 is 0 Å². The predicted molar refractivity (Wildman–Crippen MR) is 71.6 cm³/mol. The maximum atomic E-state index is 11.2. The second-order valence-electron chi connectivity index (χ2n) is 4.42. The van der Waals surface area contributed by atoms with Crippen LogP contribution in [0.2, 0.25) is 0 Å². The standard InChI is InChI=1S/C14H16BNO/c15-14(17)16-10-8-13(9-11-16)7-6-12-4-2-1-3-5-12/h1-5,13H,8-11,15H2. The molecule has 3 heteroatoms. The summed E-state index contributed by atoms with van der Waals surface area (Å²) in [5.74, 6) is 7.13. The number of hydrogen-bond donors (Lipinski definition) is 0. The van der Waals surface area contributed by atoms with Crippen molar-refractivity contribution in [1.29, 1.82) is 0 Å². The van der Waals surface area contributed by atoms with Crippen LogP contribution in [0.4, 0.5) is 4.79 Å². The van der Waals surface area contributed by atoms with Crippen LogP contribution in [0.1, 0.15) is 18.4 Å². The van der Waals surface area contributed by atoms with Crippen molar-refractivity contribution < 1.29 is 4.79 Å². The minimum Gasteiger partial charge on any atom is -0.352 e. The van der Waals surface area contributed by atoms with Gasteiger partial charge in [-0.3, -0.25) is 4.79 Å². The van der Waals surface area contributed by atoms with Gasteiger partial charge in [-0.2, -0.15) is 0 Å². The van der Waals surface area contributed by atoms with Crippen LogP contribution in [0, 0.1) is 17.8 Å². The number of hydrogen-bond acceptors (Lipinski definition) is 1. The molecule has 17 heavy (non-hydrogen) atoms. The lowest BCUT2D eigenvalue weighted by molar-refractivity contribution is 0.202. The average molecular weight is 225 g/mol. The Morgan fingerprint density at radius 2 is 1.88 bits per heavy atom. The molecule has 0 N–H and O–H groups in total. The van der Waals surface area contributed by atoms with Crippen LogP contribution in [-0.2, 0) is 0 Å². The maximum absolute atomic E-state index is 11.2. The molecular formula is C14H16BNO. The Labute approximate surface area is 103 Å². The van der Waals surface area contributed by atoms with Crippen molar-refractivity contribution in [2.45, 2.75) is 12.8 Å². The molecule has 1 aromatic rings. The Kier molecular flexibility index (Phi) is 3.87. The minimum absolute atomic E-state index is 0.180. The van der Waals surface area contributed by atoms with Crippen LogP contribution in [-0.4, -0.2) is 31.6 Å². The summed E-state index contributed by atoms with van der Waals surface area (Å²) >= 11 is 0. The van der Waals surface area contributed by atoms with Gasteiger partial charge in [0, 0.05) is 24.6 Å². The van der Waals surface area contributed by atoms with E-state index in [0.717, 1.165) is 31.5 Å². The second-order valence-corrected chi connectivity index (χ2v) is 4.42. The molecule has 0 unspecified atom stereocenters. The second kappa shape index (κ2) is 5.59. The van der Waals surface area contributed by atoms with Gasteiger partial charge in [-0.15, -0.1) is 0 Å². The molecule has 1 fully saturated rings. The van der Waals surface area contributed by atoms with Crippen molar-refractivity contribution >= 4 is 13.7 Å². The van der Waals surface area contributed by atoms with Crippen molar-refractivity contribution in [3.05, 3.63) is 35.9 Å². The summed E-state index contributed by atoms with van der Waals surface area (Å²) in [6.07, 6.45) is 2.00. The summed E-state index contributed by atoms with van der Waals surface area (Å²) in [5.41, 5.74) is 1.07. The molecule has 0 spiro atoms. The molecule has 1 aliphatic rings. The molecule has 0 saturated carbocycles. The summed E-state index contributed by atoms with van der Waals surface area (Å²) in [6.45, 7) is 1.70. The SMILES string of the molecule is BC(=O)N1CCC(C#Cc2ccccc2)CC1. The molecule has 2 nitrogen and oxygen atoms in total.